The van der Waals surface area contributed by atoms with Gasteiger partial charge in [0.05, 0.1) is 16.5 Å². The van der Waals surface area contributed by atoms with Crippen LogP contribution < -0.4 is 0 Å². The number of hydrogen-bond donors (Lipinski definition) is 0. The molecule has 0 saturated carbocycles. The Bertz CT molecular complexity index is 721. The van der Waals surface area contributed by atoms with E-state index in [0.29, 0.717) is 6.42 Å². The lowest BCUT2D eigenvalue weighted by Crippen LogP contribution is -2.45. The molecule has 28 heavy (non-hydrogen) atoms. The van der Waals surface area contributed by atoms with Gasteiger partial charge in [-0.15, -0.1) is 13.2 Å². The van der Waals surface area contributed by atoms with Crippen LogP contribution in [0.15, 0.2) is 49.6 Å². The van der Waals surface area contributed by atoms with E-state index in [-0.39, 0.29) is 24.4 Å². The van der Waals surface area contributed by atoms with E-state index >= 15 is 0 Å². The predicted octanol–water partition coefficient (Wildman–Crippen LogP) is 4.12. The molecule has 1 aromatic rings. The first-order chi connectivity index (χ1) is 13.1. The number of hydrogen-bond acceptors (Lipinski definition) is 6. The molecule has 1 rings (SSSR count). The zero-order chi connectivity index (χ0) is 21.3. The standard InChI is InChI=1S/C20H26N2O6/c1-6-8-17(21(13-7-2)19(24)28-20(3,4)5)14-27-18(23)15-9-11-16(12-10-15)22(25)26/h6-7,9-12,17H,1-2,8,13-14H2,3-5H3. The van der Waals surface area contributed by atoms with Gasteiger partial charge in [0.1, 0.15) is 12.2 Å². The highest BCUT2D eigenvalue weighted by Crippen LogP contribution is 2.16. The van der Waals surface area contributed by atoms with Crippen molar-refractivity contribution in [2.75, 3.05) is 13.2 Å². The minimum atomic E-state index is -0.676. The van der Waals surface area contributed by atoms with Gasteiger partial charge in [0.2, 0.25) is 0 Å². The summed E-state index contributed by atoms with van der Waals surface area (Å²) in [6.07, 6.45) is 2.99. The van der Waals surface area contributed by atoms with Gasteiger partial charge in [-0.25, -0.2) is 9.59 Å². The molecule has 0 radical (unpaired) electrons. The summed E-state index contributed by atoms with van der Waals surface area (Å²) in [4.78, 5) is 36.3. The Hall–Kier alpha value is -3.16. The molecule has 0 aromatic heterocycles. The highest BCUT2D eigenvalue weighted by molar-refractivity contribution is 5.89. The molecule has 0 heterocycles. The van der Waals surface area contributed by atoms with E-state index in [9.17, 15) is 19.7 Å². The van der Waals surface area contributed by atoms with Crippen molar-refractivity contribution in [3.8, 4) is 0 Å². The Kier molecular flexibility index (Phi) is 8.37. The van der Waals surface area contributed by atoms with E-state index in [1.165, 1.54) is 29.2 Å². The maximum absolute atomic E-state index is 12.5. The summed E-state index contributed by atoms with van der Waals surface area (Å²) in [5.41, 5.74) is -0.622. The molecule has 0 spiro atoms. The topological polar surface area (TPSA) is 99.0 Å². The number of esters is 1. The quantitative estimate of drug-likeness (QED) is 0.272. The second-order valence-corrected chi connectivity index (χ2v) is 7.00. The summed E-state index contributed by atoms with van der Waals surface area (Å²) in [5.74, 6) is -0.647. The molecule has 0 aliphatic heterocycles. The zero-order valence-corrected chi connectivity index (χ0v) is 16.4. The third-order valence-electron chi connectivity index (χ3n) is 3.55. The minimum Gasteiger partial charge on any atom is -0.460 e. The van der Waals surface area contributed by atoms with E-state index in [1.54, 1.807) is 32.9 Å². The van der Waals surface area contributed by atoms with Crippen molar-refractivity contribution in [2.45, 2.75) is 38.8 Å². The summed E-state index contributed by atoms with van der Waals surface area (Å²) < 4.78 is 10.7. The molecule has 1 unspecified atom stereocenters. The Balaban J connectivity index is 2.86. The molecule has 1 aromatic carbocycles. The number of rotatable bonds is 9. The number of ether oxygens (including phenoxy) is 2. The molecule has 1 amide bonds. The first kappa shape index (κ1) is 22.9. The lowest BCUT2D eigenvalue weighted by Gasteiger charge is -2.32. The third kappa shape index (κ3) is 7.22. The fourth-order valence-corrected chi connectivity index (χ4v) is 2.28. The number of carbonyl (C=O) groups is 2. The van der Waals surface area contributed by atoms with Crippen LogP contribution in [0.3, 0.4) is 0 Å². The van der Waals surface area contributed by atoms with Crippen LogP contribution in [0.1, 0.15) is 37.6 Å². The minimum absolute atomic E-state index is 0.0884. The van der Waals surface area contributed by atoms with Crippen LogP contribution in [-0.4, -0.2) is 46.7 Å². The van der Waals surface area contributed by atoms with Crippen molar-refractivity contribution in [1.82, 2.24) is 4.90 Å². The van der Waals surface area contributed by atoms with Gasteiger partial charge in [0, 0.05) is 18.7 Å². The second kappa shape index (κ2) is 10.2. The van der Waals surface area contributed by atoms with Crippen LogP contribution in [0.5, 0.6) is 0 Å². The van der Waals surface area contributed by atoms with Gasteiger partial charge in [-0.3, -0.25) is 15.0 Å². The molecule has 0 aliphatic carbocycles. The van der Waals surface area contributed by atoms with E-state index in [4.69, 9.17) is 9.47 Å². The number of nitro benzene ring substituents is 1. The van der Waals surface area contributed by atoms with Crippen LogP contribution in [0.4, 0.5) is 10.5 Å². The molecule has 8 nitrogen and oxygen atoms in total. The number of amides is 1. The van der Waals surface area contributed by atoms with Crippen molar-refractivity contribution in [1.29, 1.82) is 0 Å². The summed E-state index contributed by atoms with van der Waals surface area (Å²) >= 11 is 0. The second-order valence-electron chi connectivity index (χ2n) is 7.00. The van der Waals surface area contributed by atoms with Gasteiger partial charge in [-0.05, 0) is 39.3 Å². The Labute approximate surface area is 164 Å². The van der Waals surface area contributed by atoms with Gasteiger partial charge in [-0.2, -0.15) is 0 Å². The first-order valence-corrected chi connectivity index (χ1v) is 8.72. The molecule has 0 bridgehead atoms. The Morgan fingerprint density at radius 3 is 2.29 bits per heavy atom. The predicted molar refractivity (Wildman–Crippen MR) is 105 cm³/mol. The van der Waals surface area contributed by atoms with Crippen molar-refractivity contribution in [3.63, 3.8) is 0 Å². The molecule has 0 aliphatic rings. The number of carbonyl (C=O) groups excluding carboxylic acids is 2. The maximum Gasteiger partial charge on any atom is 0.410 e. The highest BCUT2D eigenvalue weighted by atomic mass is 16.6. The van der Waals surface area contributed by atoms with Gasteiger partial charge in [0.15, 0.2) is 0 Å². The lowest BCUT2D eigenvalue weighted by molar-refractivity contribution is -0.384. The summed E-state index contributed by atoms with van der Waals surface area (Å²) in [7, 11) is 0. The number of non-ortho nitro benzene ring substituents is 1. The summed E-state index contributed by atoms with van der Waals surface area (Å²) in [6.45, 7) is 12.7. The van der Waals surface area contributed by atoms with Crippen LogP contribution in [0.2, 0.25) is 0 Å². The third-order valence-corrected chi connectivity index (χ3v) is 3.55. The number of nitro groups is 1. The van der Waals surface area contributed by atoms with Gasteiger partial charge >= 0.3 is 12.1 Å². The average molecular weight is 390 g/mol. The number of benzene rings is 1. The fourth-order valence-electron chi connectivity index (χ4n) is 2.28. The molecule has 0 N–H and O–H groups in total. The van der Waals surface area contributed by atoms with E-state index in [1.807, 2.05) is 0 Å². The molecular formula is C20H26N2O6. The van der Waals surface area contributed by atoms with E-state index in [0.717, 1.165) is 0 Å². The summed E-state index contributed by atoms with van der Waals surface area (Å²) in [5, 5.41) is 10.7. The van der Waals surface area contributed by atoms with Crippen LogP contribution in [0, 0.1) is 10.1 Å². The van der Waals surface area contributed by atoms with Crippen molar-refractivity contribution in [3.05, 3.63) is 65.3 Å². The average Bonchev–Trinajstić information content (AvgIpc) is 2.61. The van der Waals surface area contributed by atoms with E-state index < -0.39 is 28.6 Å². The van der Waals surface area contributed by atoms with Crippen molar-refractivity contribution in [2.24, 2.45) is 0 Å². The molecule has 152 valence electrons. The zero-order valence-electron chi connectivity index (χ0n) is 16.4. The van der Waals surface area contributed by atoms with Crippen molar-refractivity contribution < 1.29 is 24.0 Å². The smallest absolute Gasteiger partial charge is 0.410 e. The monoisotopic (exact) mass is 390 g/mol. The normalized spacial score (nSPS) is 11.8. The molecule has 1 atom stereocenters. The van der Waals surface area contributed by atoms with Crippen molar-refractivity contribution >= 4 is 17.7 Å². The van der Waals surface area contributed by atoms with E-state index in [2.05, 4.69) is 13.2 Å². The Morgan fingerprint density at radius 1 is 1.21 bits per heavy atom. The van der Waals surface area contributed by atoms with Crippen LogP contribution >= 0.6 is 0 Å². The fraction of sp³-hybridized carbons (Fsp3) is 0.400. The van der Waals surface area contributed by atoms with Gasteiger partial charge in [-0.1, -0.05) is 12.2 Å². The largest absolute Gasteiger partial charge is 0.460 e. The lowest BCUT2D eigenvalue weighted by atomic mass is 10.1. The first-order valence-electron chi connectivity index (χ1n) is 8.72. The molecule has 0 saturated heterocycles. The SMILES string of the molecule is C=CCC(COC(=O)c1ccc([N+](=O)[O-])cc1)N(CC=C)C(=O)OC(C)(C)C. The van der Waals surface area contributed by atoms with Crippen LogP contribution in [0.25, 0.3) is 0 Å². The molecule has 0 fully saturated rings. The van der Waals surface area contributed by atoms with Gasteiger partial charge in [0.25, 0.3) is 5.69 Å². The number of nitrogens with zero attached hydrogens (tertiary/aromatic N) is 2. The highest BCUT2D eigenvalue weighted by Gasteiger charge is 2.28. The molecular weight excluding hydrogens is 364 g/mol. The van der Waals surface area contributed by atoms with Gasteiger partial charge < -0.3 is 9.47 Å². The molecule has 8 heteroatoms. The summed E-state index contributed by atoms with van der Waals surface area (Å²) in [6, 6.07) is 4.59. The van der Waals surface area contributed by atoms with Crippen LogP contribution in [-0.2, 0) is 9.47 Å². The Morgan fingerprint density at radius 2 is 1.82 bits per heavy atom. The maximum atomic E-state index is 12.5.